The third-order valence-electron chi connectivity index (χ3n) is 10.3. The van der Waals surface area contributed by atoms with Gasteiger partial charge in [0.05, 0.1) is 17.1 Å². The number of nitrogens with zero attached hydrogens (tertiary/aromatic N) is 2. The van der Waals surface area contributed by atoms with Crippen molar-refractivity contribution in [2.45, 2.75) is 43.7 Å². The van der Waals surface area contributed by atoms with Crippen LogP contribution in [0, 0.1) is 0 Å². The van der Waals surface area contributed by atoms with Gasteiger partial charge in [-0.05, 0) is 83.3 Å². The highest BCUT2D eigenvalue weighted by Crippen LogP contribution is 2.45. The number of hydrogen-bond acceptors (Lipinski definition) is 2. The molecular weight excluding hydrogens is 552 g/mol. The largest absolute Gasteiger partial charge is 0.448 e. The summed E-state index contributed by atoms with van der Waals surface area (Å²) >= 11 is 0. The molecule has 1 aliphatic carbocycles. The number of benzene rings is 5. The predicted octanol–water partition coefficient (Wildman–Crippen LogP) is 9.74. The second-order valence-corrected chi connectivity index (χ2v) is 12.7. The molecule has 1 amide bonds. The number of piperidine rings is 1. The fourth-order valence-corrected chi connectivity index (χ4v) is 8.22. The van der Waals surface area contributed by atoms with Crippen molar-refractivity contribution in [3.63, 3.8) is 0 Å². The lowest BCUT2D eigenvalue weighted by Crippen LogP contribution is -2.51. The Morgan fingerprint density at radius 3 is 1.93 bits per heavy atom. The van der Waals surface area contributed by atoms with E-state index in [1.54, 1.807) is 0 Å². The number of aromatic nitrogens is 1. The SMILES string of the molecule is O=C(OCC1c2ccccc2-c2ccccc21)N1C2C=C(c3ccc(-n4c5ccccc5c5ccccc54)cc3)CC1CCC2. The van der Waals surface area contributed by atoms with E-state index in [1.807, 2.05) is 4.90 Å². The fourth-order valence-electron chi connectivity index (χ4n) is 8.22. The first-order chi connectivity index (χ1) is 22.2. The quantitative estimate of drug-likeness (QED) is 0.206. The van der Waals surface area contributed by atoms with Crippen LogP contribution in [0.25, 0.3) is 44.2 Å². The summed E-state index contributed by atoms with van der Waals surface area (Å²) in [5.74, 6) is 0.0742. The number of amides is 1. The standard InChI is InChI=1S/C41H34N2O2/c44-41(45-26-38-34-14-3-1-12-32(34)33-13-2-4-15-35(33)38)42-30-10-9-11-31(42)25-28(24-30)27-20-22-29(23-21-27)43-39-18-7-5-16-36(39)37-17-6-8-19-40(37)43/h1-8,12-24,30-31,38H,9-11,25-26H2. The van der Waals surface area contributed by atoms with Gasteiger partial charge in [0.25, 0.3) is 0 Å². The summed E-state index contributed by atoms with van der Waals surface area (Å²) < 4.78 is 8.50. The Morgan fingerprint density at radius 2 is 1.29 bits per heavy atom. The van der Waals surface area contributed by atoms with Crippen LogP contribution in [0.2, 0.25) is 0 Å². The van der Waals surface area contributed by atoms with E-state index >= 15 is 0 Å². The molecule has 5 aromatic carbocycles. The van der Waals surface area contributed by atoms with Gasteiger partial charge in [0.15, 0.2) is 0 Å². The molecule has 0 radical (unpaired) electrons. The zero-order valence-corrected chi connectivity index (χ0v) is 25.1. The molecule has 1 saturated heterocycles. The smallest absolute Gasteiger partial charge is 0.410 e. The van der Waals surface area contributed by atoms with Gasteiger partial charge in [-0.2, -0.15) is 0 Å². The zero-order valence-electron chi connectivity index (χ0n) is 25.1. The van der Waals surface area contributed by atoms with Gasteiger partial charge in [0, 0.05) is 28.4 Å². The van der Waals surface area contributed by atoms with E-state index in [-0.39, 0.29) is 24.1 Å². The lowest BCUT2D eigenvalue weighted by atomic mass is 9.83. The predicted molar refractivity (Wildman–Crippen MR) is 182 cm³/mol. The molecule has 1 fully saturated rings. The maximum Gasteiger partial charge on any atom is 0.410 e. The molecule has 0 saturated carbocycles. The molecule has 2 aliphatic heterocycles. The van der Waals surface area contributed by atoms with E-state index in [1.165, 1.54) is 55.2 Å². The van der Waals surface area contributed by atoms with Crippen molar-refractivity contribution < 1.29 is 9.53 Å². The van der Waals surface area contributed by atoms with Crippen molar-refractivity contribution >= 4 is 33.5 Å². The van der Waals surface area contributed by atoms with Crippen molar-refractivity contribution in [2.75, 3.05) is 6.61 Å². The average molecular weight is 587 g/mol. The van der Waals surface area contributed by atoms with Crippen LogP contribution in [0.4, 0.5) is 4.79 Å². The van der Waals surface area contributed by atoms with Gasteiger partial charge < -0.3 is 9.30 Å². The van der Waals surface area contributed by atoms with Gasteiger partial charge in [-0.25, -0.2) is 4.79 Å². The first-order valence-corrected chi connectivity index (χ1v) is 16.2. The highest BCUT2D eigenvalue weighted by molar-refractivity contribution is 6.09. The third-order valence-corrected chi connectivity index (χ3v) is 10.3. The summed E-state index contributed by atoms with van der Waals surface area (Å²) in [7, 11) is 0. The van der Waals surface area contributed by atoms with Crippen molar-refractivity contribution in [3.05, 3.63) is 144 Å². The summed E-state index contributed by atoms with van der Waals surface area (Å²) in [5, 5.41) is 2.54. The molecule has 0 N–H and O–H groups in total. The lowest BCUT2D eigenvalue weighted by Gasteiger charge is -2.44. The number of rotatable bonds is 4. The first kappa shape index (κ1) is 26.3. The lowest BCUT2D eigenvalue weighted by molar-refractivity contribution is 0.0539. The molecule has 3 heterocycles. The minimum Gasteiger partial charge on any atom is -0.448 e. The molecular formula is C41H34N2O2. The van der Waals surface area contributed by atoms with E-state index in [4.69, 9.17) is 4.74 Å². The van der Waals surface area contributed by atoms with Crippen LogP contribution in [0.1, 0.15) is 48.3 Å². The highest BCUT2D eigenvalue weighted by Gasteiger charge is 2.39. The van der Waals surface area contributed by atoms with Crippen LogP contribution in [0.15, 0.2) is 127 Å². The van der Waals surface area contributed by atoms with E-state index in [0.717, 1.165) is 31.4 Å². The van der Waals surface area contributed by atoms with E-state index in [9.17, 15) is 4.79 Å². The highest BCUT2D eigenvalue weighted by atomic mass is 16.6. The molecule has 220 valence electrons. The number of carbonyl (C=O) groups excluding carboxylic acids is 1. The van der Waals surface area contributed by atoms with Crippen molar-refractivity contribution in [2.24, 2.45) is 0 Å². The average Bonchev–Trinajstić information content (AvgIpc) is 3.59. The van der Waals surface area contributed by atoms with Crippen molar-refractivity contribution in [1.29, 1.82) is 0 Å². The number of ether oxygens (including phenoxy) is 1. The Labute approximate surface area is 263 Å². The summed E-state index contributed by atoms with van der Waals surface area (Å²) in [5.41, 5.74) is 11.2. The normalized spacial score (nSPS) is 18.9. The minimum atomic E-state index is -0.177. The van der Waals surface area contributed by atoms with Gasteiger partial charge in [-0.3, -0.25) is 4.90 Å². The number of hydrogen-bond donors (Lipinski definition) is 0. The Balaban J connectivity index is 0.965. The van der Waals surface area contributed by atoms with Crippen molar-refractivity contribution in [1.82, 2.24) is 9.47 Å². The zero-order chi connectivity index (χ0) is 29.9. The Morgan fingerprint density at radius 1 is 0.689 bits per heavy atom. The summed E-state index contributed by atoms with van der Waals surface area (Å²) in [6.45, 7) is 0.365. The maximum atomic E-state index is 13.7. The van der Waals surface area contributed by atoms with Gasteiger partial charge in [0.1, 0.15) is 6.61 Å². The molecule has 4 heteroatoms. The van der Waals surface area contributed by atoms with Crippen LogP contribution in [-0.4, -0.2) is 34.3 Å². The second kappa shape index (κ2) is 10.5. The summed E-state index contributed by atoms with van der Waals surface area (Å²) in [4.78, 5) is 15.7. The van der Waals surface area contributed by atoms with Crippen molar-refractivity contribution in [3.8, 4) is 16.8 Å². The van der Waals surface area contributed by atoms with E-state index in [2.05, 4.69) is 132 Å². The first-order valence-electron chi connectivity index (χ1n) is 16.2. The van der Waals surface area contributed by atoms with Crippen LogP contribution >= 0.6 is 0 Å². The Hall–Kier alpha value is -5.09. The number of para-hydroxylation sites is 2. The van der Waals surface area contributed by atoms with Gasteiger partial charge in [-0.1, -0.05) is 103 Å². The molecule has 0 spiro atoms. The van der Waals surface area contributed by atoms with Crippen LogP contribution in [0.3, 0.4) is 0 Å². The molecule has 2 atom stereocenters. The molecule has 9 rings (SSSR count). The van der Waals surface area contributed by atoms with Gasteiger partial charge in [-0.15, -0.1) is 0 Å². The minimum absolute atomic E-state index is 0.0696. The van der Waals surface area contributed by atoms with Crippen LogP contribution in [0.5, 0.6) is 0 Å². The van der Waals surface area contributed by atoms with E-state index in [0.29, 0.717) is 6.61 Å². The number of fused-ring (bicyclic) bond motifs is 8. The molecule has 2 bridgehead atoms. The number of carbonyl (C=O) groups is 1. The second-order valence-electron chi connectivity index (χ2n) is 12.7. The van der Waals surface area contributed by atoms with Gasteiger partial charge in [0.2, 0.25) is 0 Å². The summed E-state index contributed by atoms with van der Waals surface area (Å²) in [6, 6.07) is 43.5. The molecule has 3 aliphatic rings. The molecule has 4 nitrogen and oxygen atoms in total. The molecule has 45 heavy (non-hydrogen) atoms. The third kappa shape index (κ3) is 4.23. The van der Waals surface area contributed by atoms with E-state index < -0.39 is 0 Å². The Bertz CT molecular complexity index is 2020. The van der Waals surface area contributed by atoms with Crippen LogP contribution in [-0.2, 0) is 4.74 Å². The monoisotopic (exact) mass is 586 g/mol. The van der Waals surface area contributed by atoms with Gasteiger partial charge >= 0.3 is 6.09 Å². The molecule has 1 aromatic heterocycles. The fraction of sp³-hybridized carbons (Fsp3) is 0.195. The maximum absolute atomic E-state index is 13.7. The van der Waals surface area contributed by atoms with Crippen LogP contribution < -0.4 is 0 Å². The topological polar surface area (TPSA) is 34.5 Å². The molecule has 6 aromatic rings. The summed E-state index contributed by atoms with van der Waals surface area (Å²) in [6.07, 6.45) is 6.13. The Kier molecular flexibility index (Phi) is 6.15. The molecule has 2 unspecified atom stereocenters.